The maximum Gasteiger partial charge on any atom is 0.231 e. The molecule has 0 aliphatic carbocycles. The number of aromatic nitrogens is 2. The average molecular weight is 267 g/mol. The number of rotatable bonds is 1. The van der Waals surface area contributed by atoms with Crippen LogP contribution in [0.5, 0.6) is 0 Å². The van der Waals surface area contributed by atoms with Gasteiger partial charge in [0.1, 0.15) is 6.17 Å². The fourth-order valence-corrected chi connectivity index (χ4v) is 2.69. The van der Waals surface area contributed by atoms with Crippen molar-refractivity contribution >= 4 is 23.0 Å². The van der Waals surface area contributed by atoms with Crippen LogP contribution < -0.4 is 16.0 Å². The molecule has 2 aliphatic rings. The first-order chi connectivity index (χ1) is 9.72. The zero-order valence-electron chi connectivity index (χ0n) is 10.8. The van der Waals surface area contributed by atoms with Crippen molar-refractivity contribution in [2.24, 2.45) is 0 Å². The zero-order valence-corrected chi connectivity index (χ0v) is 10.8. The Morgan fingerprint density at radius 3 is 2.65 bits per heavy atom. The number of fused-ring (bicyclic) bond motifs is 2. The number of benzene rings is 1. The van der Waals surface area contributed by atoms with Crippen molar-refractivity contribution in [3.63, 3.8) is 0 Å². The van der Waals surface area contributed by atoms with Crippen molar-refractivity contribution < 1.29 is 4.79 Å². The van der Waals surface area contributed by atoms with E-state index in [-0.39, 0.29) is 18.0 Å². The largest absolute Gasteiger partial charge is 0.360 e. The standard InChI is InChI=1S/C14H13N5O/c1-7-9-4-11-12(5-10(9)19-14(7)20)18-13(17-11)8-2-3-15-16-6-8/h2-7,13,17-18H,1H3,(H,19,20). The van der Waals surface area contributed by atoms with Gasteiger partial charge in [-0.2, -0.15) is 10.2 Å². The fraction of sp³-hybridized carbons (Fsp3) is 0.214. The minimum atomic E-state index is -0.0984. The predicted molar refractivity (Wildman–Crippen MR) is 75.5 cm³/mol. The first-order valence-electron chi connectivity index (χ1n) is 6.51. The molecule has 6 nitrogen and oxygen atoms in total. The molecule has 2 atom stereocenters. The van der Waals surface area contributed by atoms with Gasteiger partial charge >= 0.3 is 0 Å². The second-order valence-electron chi connectivity index (χ2n) is 5.09. The summed E-state index contributed by atoms with van der Waals surface area (Å²) in [7, 11) is 0. The Bertz CT molecular complexity index is 700. The van der Waals surface area contributed by atoms with Crippen LogP contribution in [-0.2, 0) is 4.79 Å². The van der Waals surface area contributed by atoms with Gasteiger partial charge in [-0.3, -0.25) is 4.79 Å². The van der Waals surface area contributed by atoms with Gasteiger partial charge < -0.3 is 16.0 Å². The second kappa shape index (κ2) is 3.93. The molecule has 20 heavy (non-hydrogen) atoms. The van der Waals surface area contributed by atoms with Gasteiger partial charge in [0.25, 0.3) is 0 Å². The summed E-state index contributed by atoms with van der Waals surface area (Å²) in [6, 6.07) is 5.93. The Kier molecular flexibility index (Phi) is 2.20. The molecular weight excluding hydrogens is 254 g/mol. The summed E-state index contributed by atoms with van der Waals surface area (Å²) in [6.07, 6.45) is 3.38. The molecule has 0 saturated carbocycles. The average Bonchev–Trinajstić information content (AvgIpc) is 3.00. The number of hydrogen-bond donors (Lipinski definition) is 3. The second-order valence-corrected chi connectivity index (χ2v) is 5.09. The summed E-state index contributed by atoms with van der Waals surface area (Å²) >= 11 is 0. The van der Waals surface area contributed by atoms with Gasteiger partial charge in [0.15, 0.2) is 0 Å². The van der Waals surface area contributed by atoms with Gasteiger partial charge in [0.2, 0.25) is 5.91 Å². The molecule has 2 aliphatic heterocycles. The minimum Gasteiger partial charge on any atom is -0.360 e. The highest BCUT2D eigenvalue weighted by molar-refractivity contribution is 6.04. The van der Waals surface area contributed by atoms with Crippen molar-refractivity contribution in [2.75, 3.05) is 16.0 Å². The number of nitrogens with one attached hydrogen (secondary N) is 3. The molecule has 0 saturated heterocycles. The molecule has 1 amide bonds. The van der Waals surface area contributed by atoms with E-state index in [0.29, 0.717) is 0 Å². The molecule has 3 N–H and O–H groups in total. The molecule has 1 aromatic heterocycles. The number of hydrogen-bond acceptors (Lipinski definition) is 5. The van der Waals surface area contributed by atoms with Crippen LogP contribution in [0.4, 0.5) is 17.1 Å². The van der Waals surface area contributed by atoms with E-state index in [9.17, 15) is 4.79 Å². The van der Waals surface area contributed by atoms with Crippen LogP contribution in [0.25, 0.3) is 0 Å². The SMILES string of the molecule is CC1C(=O)Nc2cc3c(cc21)NC(c1ccnnc1)N3. The summed E-state index contributed by atoms with van der Waals surface area (Å²) in [5.74, 6) is -0.0442. The van der Waals surface area contributed by atoms with Crippen LogP contribution in [-0.4, -0.2) is 16.1 Å². The Hall–Kier alpha value is -2.63. The molecule has 2 aromatic rings. The van der Waals surface area contributed by atoms with Crippen molar-refractivity contribution in [3.8, 4) is 0 Å². The Labute approximate surface area is 115 Å². The molecule has 1 aromatic carbocycles. The first kappa shape index (κ1) is 11.2. The maximum absolute atomic E-state index is 11.7. The van der Waals surface area contributed by atoms with Gasteiger partial charge in [-0.25, -0.2) is 0 Å². The lowest BCUT2D eigenvalue weighted by atomic mass is 10.0. The highest BCUT2D eigenvalue weighted by Crippen LogP contribution is 2.43. The smallest absolute Gasteiger partial charge is 0.231 e. The molecule has 2 unspecified atom stereocenters. The summed E-state index contributed by atoms with van der Waals surface area (Å²) in [4.78, 5) is 11.7. The van der Waals surface area contributed by atoms with E-state index in [4.69, 9.17) is 0 Å². The zero-order chi connectivity index (χ0) is 13.7. The van der Waals surface area contributed by atoms with Gasteiger partial charge in [0, 0.05) is 17.4 Å². The number of anilines is 3. The third-order valence-electron chi connectivity index (χ3n) is 3.85. The summed E-state index contributed by atoms with van der Waals surface area (Å²) in [5, 5.41) is 17.4. The highest BCUT2D eigenvalue weighted by atomic mass is 16.2. The third-order valence-corrected chi connectivity index (χ3v) is 3.85. The molecule has 0 spiro atoms. The van der Waals surface area contributed by atoms with E-state index >= 15 is 0 Å². The summed E-state index contributed by atoms with van der Waals surface area (Å²) < 4.78 is 0. The Balaban J connectivity index is 1.69. The summed E-state index contributed by atoms with van der Waals surface area (Å²) in [5.41, 5.74) is 4.95. The molecule has 3 heterocycles. The van der Waals surface area contributed by atoms with Crippen molar-refractivity contribution in [2.45, 2.75) is 19.0 Å². The molecule has 0 radical (unpaired) electrons. The quantitative estimate of drug-likeness (QED) is 0.737. The predicted octanol–water partition coefficient (Wildman–Crippen LogP) is 2.07. The van der Waals surface area contributed by atoms with Gasteiger partial charge in [0.05, 0.1) is 23.5 Å². The summed E-state index contributed by atoms with van der Waals surface area (Å²) in [6.45, 7) is 1.92. The first-order valence-corrected chi connectivity index (χ1v) is 6.51. The van der Waals surface area contributed by atoms with E-state index in [0.717, 1.165) is 28.2 Å². The lowest BCUT2D eigenvalue weighted by Gasteiger charge is -2.11. The number of amides is 1. The van der Waals surface area contributed by atoms with E-state index in [2.05, 4.69) is 26.1 Å². The van der Waals surface area contributed by atoms with Gasteiger partial charge in [-0.1, -0.05) is 0 Å². The van der Waals surface area contributed by atoms with E-state index in [1.165, 1.54) is 0 Å². The normalized spacial score (nSPS) is 22.6. The third kappa shape index (κ3) is 1.54. The monoisotopic (exact) mass is 267 g/mol. The lowest BCUT2D eigenvalue weighted by Crippen LogP contribution is -2.12. The molecular formula is C14H13N5O. The van der Waals surface area contributed by atoms with E-state index < -0.39 is 0 Å². The number of nitrogens with zero attached hydrogens (tertiary/aromatic N) is 2. The Morgan fingerprint density at radius 1 is 1.10 bits per heavy atom. The fourth-order valence-electron chi connectivity index (χ4n) is 2.69. The van der Waals surface area contributed by atoms with Crippen molar-refractivity contribution in [3.05, 3.63) is 41.7 Å². The van der Waals surface area contributed by atoms with Gasteiger partial charge in [-0.15, -0.1) is 0 Å². The van der Waals surface area contributed by atoms with Gasteiger partial charge in [-0.05, 0) is 30.7 Å². The minimum absolute atomic E-state index is 0.0194. The van der Waals surface area contributed by atoms with Crippen molar-refractivity contribution in [1.82, 2.24) is 10.2 Å². The molecule has 100 valence electrons. The highest BCUT2D eigenvalue weighted by Gasteiger charge is 2.30. The molecule has 4 rings (SSSR count). The van der Waals surface area contributed by atoms with Crippen LogP contribution in [0.1, 0.15) is 30.1 Å². The molecule has 0 fully saturated rings. The van der Waals surface area contributed by atoms with E-state index in [1.807, 2.05) is 25.1 Å². The van der Waals surface area contributed by atoms with Crippen LogP contribution in [0.2, 0.25) is 0 Å². The van der Waals surface area contributed by atoms with Crippen LogP contribution in [0.3, 0.4) is 0 Å². The molecule has 0 bridgehead atoms. The molecule has 6 heteroatoms. The van der Waals surface area contributed by atoms with E-state index in [1.54, 1.807) is 12.4 Å². The van der Waals surface area contributed by atoms with Crippen molar-refractivity contribution in [1.29, 1.82) is 0 Å². The van der Waals surface area contributed by atoms with Crippen LogP contribution in [0, 0.1) is 0 Å². The van der Waals surface area contributed by atoms with Crippen LogP contribution >= 0.6 is 0 Å². The Morgan fingerprint density at radius 2 is 1.90 bits per heavy atom. The number of carbonyl (C=O) groups is 1. The lowest BCUT2D eigenvalue weighted by molar-refractivity contribution is -0.116. The number of carbonyl (C=O) groups excluding carboxylic acids is 1. The maximum atomic E-state index is 11.7. The van der Waals surface area contributed by atoms with Crippen LogP contribution in [0.15, 0.2) is 30.6 Å². The topological polar surface area (TPSA) is 78.9 Å².